The van der Waals surface area contributed by atoms with Crippen molar-refractivity contribution in [3.8, 4) is 0 Å². The van der Waals surface area contributed by atoms with Crippen molar-refractivity contribution in [3.63, 3.8) is 0 Å². The maximum absolute atomic E-state index is 12.9. The fraction of sp³-hybridized carbons (Fsp3) is 0.478. The molecule has 1 saturated heterocycles. The Morgan fingerprint density at radius 3 is 2.71 bits per heavy atom. The van der Waals surface area contributed by atoms with Crippen molar-refractivity contribution in [2.75, 3.05) is 31.1 Å². The summed E-state index contributed by atoms with van der Waals surface area (Å²) in [4.78, 5) is 32.6. The zero-order valence-electron chi connectivity index (χ0n) is 16.2. The number of aryl methyl sites for hydroxylation is 2. The first-order valence-corrected chi connectivity index (χ1v) is 10.6. The number of para-hydroxylation sites is 1. The van der Waals surface area contributed by atoms with Crippen LogP contribution >= 0.6 is 0 Å². The minimum atomic E-state index is -0.221. The molecule has 3 aliphatic rings. The molecule has 1 N–H and O–H groups in total. The molecule has 5 rings (SSSR count). The molecule has 5 heteroatoms. The summed E-state index contributed by atoms with van der Waals surface area (Å²) in [5.41, 5.74) is 5.10. The lowest BCUT2D eigenvalue weighted by Crippen LogP contribution is -2.43. The molecule has 1 aromatic carbocycles. The van der Waals surface area contributed by atoms with Crippen molar-refractivity contribution in [1.82, 2.24) is 9.88 Å². The van der Waals surface area contributed by atoms with Crippen molar-refractivity contribution in [3.05, 3.63) is 63.1 Å². The van der Waals surface area contributed by atoms with Gasteiger partial charge >= 0.3 is 0 Å². The summed E-state index contributed by atoms with van der Waals surface area (Å²) in [6, 6.07) is 10.5. The molecule has 0 atom stereocenters. The number of aromatic amines is 1. The third-order valence-corrected chi connectivity index (χ3v) is 6.68. The number of benzene rings is 1. The number of carbonyl (C=O) groups is 1. The number of likely N-dealkylation sites (tertiary alicyclic amines) is 1. The van der Waals surface area contributed by atoms with Gasteiger partial charge in [-0.15, -0.1) is 0 Å². The maximum atomic E-state index is 12.9. The monoisotopic (exact) mass is 377 g/mol. The predicted octanol–water partition coefficient (Wildman–Crippen LogP) is 2.78. The summed E-state index contributed by atoms with van der Waals surface area (Å²) in [5.74, 6) is 0.509. The molecule has 0 bridgehead atoms. The van der Waals surface area contributed by atoms with Crippen molar-refractivity contribution in [2.45, 2.75) is 38.5 Å². The van der Waals surface area contributed by atoms with Crippen LogP contribution in [0.25, 0.3) is 0 Å². The highest BCUT2D eigenvalue weighted by molar-refractivity contribution is 5.94. The standard InChI is InChI=1S/C23H27N3O2/c27-22-19(14-18-5-3-6-20(18)24-22)23(28)25-11-8-16(9-12-25)15-26-13-10-17-4-1-2-7-21(17)26/h1-2,4,7,14,16H,3,5-6,8-13,15H2,(H,24,27). The summed E-state index contributed by atoms with van der Waals surface area (Å²) in [5, 5.41) is 0. The third kappa shape index (κ3) is 3.13. The molecule has 0 unspecified atom stereocenters. The van der Waals surface area contributed by atoms with Gasteiger partial charge in [-0.25, -0.2) is 0 Å². The SMILES string of the molecule is O=C(c1cc2c([nH]c1=O)CCC2)N1CCC(CN2CCc3ccccc32)CC1. The lowest BCUT2D eigenvalue weighted by molar-refractivity contribution is 0.0691. The van der Waals surface area contributed by atoms with Crippen LogP contribution in [-0.2, 0) is 19.3 Å². The number of nitrogens with zero attached hydrogens (tertiary/aromatic N) is 2. The number of H-pyrrole nitrogens is 1. The number of aromatic nitrogens is 1. The van der Waals surface area contributed by atoms with Crippen LogP contribution in [0.4, 0.5) is 5.69 Å². The molecule has 3 heterocycles. The van der Waals surface area contributed by atoms with E-state index in [2.05, 4.69) is 34.1 Å². The highest BCUT2D eigenvalue weighted by Gasteiger charge is 2.28. The maximum Gasteiger partial charge on any atom is 0.261 e. The van der Waals surface area contributed by atoms with E-state index in [9.17, 15) is 9.59 Å². The highest BCUT2D eigenvalue weighted by atomic mass is 16.2. The first-order valence-electron chi connectivity index (χ1n) is 10.6. The summed E-state index contributed by atoms with van der Waals surface area (Å²) in [6.45, 7) is 3.66. The lowest BCUT2D eigenvalue weighted by Gasteiger charge is -2.34. The van der Waals surface area contributed by atoms with E-state index in [4.69, 9.17) is 0 Å². The number of hydrogen-bond acceptors (Lipinski definition) is 3. The Bertz CT molecular complexity index is 957. The van der Waals surface area contributed by atoms with Gasteiger partial charge in [0.15, 0.2) is 0 Å². The van der Waals surface area contributed by atoms with Crippen LogP contribution in [0, 0.1) is 5.92 Å². The van der Waals surface area contributed by atoms with Gasteiger partial charge in [-0.05, 0) is 67.7 Å². The zero-order valence-corrected chi connectivity index (χ0v) is 16.2. The van der Waals surface area contributed by atoms with Gasteiger partial charge < -0.3 is 14.8 Å². The van der Waals surface area contributed by atoms with Gasteiger partial charge in [-0.1, -0.05) is 18.2 Å². The Labute approximate surface area is 165 Å². The first kappa shape index (κ1) is 17.5. The summed E-state index contributed by atoms with van der Waals surface area (Å²) >= 11 is 0. The number of nitrogens with one attached hydrogen (secondary N) is 1. The topological polar surface area (TPSA) is 56.4 Å². The van der Waals surface area contributed by atoms with Gasteiger partial charge in [-0.2, -0.15) is 0 Å². The number of anilines is 1. The molecule has 0 saturated carbocycles. The normalized spacial score (nSPS) is 19.0. The van der Waals surface area contributed by atoms with Crippen LogP contribution in [0.2, 0.25) is 0 Å². The molecule has 0 radical (unpaired) electrons. The number of amides is 1. The average Bonchev–Trinajstić information content (AvgIpc) is 3.34. The highest BCUT2D eigenvalue weighted by Crippen LogP contribution is 2.30. The molecular formula is C23H27N3O2. The Morgan fingerprint density at radius 2 is 1.86 bits per heavy atom. The van der Waals surface area contributed by atoms with Crippen molar-refractivity contribution in [2.24, 2.45) is 5.92 Å². The van der Waals surface area contributed by atoms with E-state index >= 15 is 0 Å². The first-order chi connectivity index (χ1) is 13.7. The largest absolute Gasteiger partial charge is 0.371 e. The van der Waals surface area contributed by atoms with Gasteiger partial charge in [0.25, 0.3) is 11.5 Å². The zero-order chi connectivity index (χ0) is 19.1. The smallest absolute Gasteiger partial charge is 0.261 e. The summed E-state index contributed by atoms with van der Waals surface area (Å²) in [6.07, 6.45) is 6.10. The van der Waals surface area contributed by atoms with E-state index in [1.165, 1.54) is 11.3 Å². The second-order valence-corrected chi connectivity index (χ2v) is 8.43. The molecule has 1 amide bonds. The molecule has 1 aromatic heterocycles. The Kier molecular flexibility index (Phi) is 4.46. The Hall–Kier alpha value is -2.56. The Morgan fingerprint density at radius 1 is 1.04 bits per heavy atom. The average molecular weight is 377 g/mol. The Balaban J connectivity index is 1.22. The van der Waals surface area contributed by atoms with Crippen LogP contribution < -0.4 is 10.5 Å². The fourth-order valence-corrected chi connectivity index (χ4v) is 5.07. The minimum absolute atomic E-state index is 0.0964. The van der Waals surface area contributed by atoms with Gasteiger partial charge in [0.1, 0.15) is 5.56 Å². The molecule has 5 nitrogen and oxygen atoms in total. The van der Waals surface area contributed by atoms with E-state index in [1.54, 1.807) is 0 Å². The molecule has 1 fully saturated rings. The number of rotatable bonds is 3. The van der Waals surface area contributed by atoms with Crippen molar-refractivity contribution in [1.29, 1.82) is 0 Å². The van der Waals surface area contributed by atoms with Crippen LogP contribution in [-0.4, -0.2) is 42.0 Å². The van der Waals surface area contributed by atoms with E-state index < -0.39 is 0 Å². The van der Waals surface area contributed by atoms with Crippen molar-refractivity contribution < 1.29 is 4.79 Å². The molecular weight excluding hydrogens is 350 g/mol. The van der Waals surface area contributed by atoms with E-state index in [1.807, 2.05) is 11.0 Å². The van der Waals surface area contributed by atoms with Crippen LogP contribution in [0.15, 0.2) is 35.1 Å². The van der Waals surface area contributed by atoms with Gasteiger partial charge in [0.2, 0.25) is 0 Å². The van der Waals surface area contributed by atoms with E-state index in [-0.39, 0.29) is 11.5 Å². The lowest BCUT2D eigenvalue weighted by atomic mass is 9.95. The third-order valence-electron chi connectivity index (χ3n) is 6.68. The quantitative estimate of drug-likeness (QED) is 0.895. The van der Waals surface area contributed by atoms with Crippen LogP contribution in [0.3, 0.4) is 0 Å². The fourth-order valence-electron chi connectivity index (χ4n) is 5.07. The second-order valence-electron chi connectivity index (χ2n) is 8.43. The van der Waals surface area contributed by atoms with Gasteiger partial charge in [0.05, 0.1) is 0 Å². The van der Waals surface area contributed by atoms with Crippen molar-refractivity contribution >= 4 is 11.6 Å². The number of hydrogen-bond donors (Lipinski definition) is 1. The van der Waals surface area contributed by atoms with Gasteiger partial charge in [0, 0.05) is 37.6 Å². The number of pyridine rings is 1. The second kappa shape index (κ2) is 7.12. The van der Waals surface area contributed by atoms with Crippen LogP contribution in [0.5, 0.6) is 0 Å². The van der Waals surface area contributed by atoms with E-state index in [0.717, 1.165) is 76.0 Å². The predicted molar refractivity (Wildman–Crippen MR) is 110 cm³/mol. The molecule has 146 valence electrons. The molecule has 2 aliphatic heterocycles. The molecule has 1 aliphatic carbocycles. The van der Waals surface area contributed by atoms with E-state index in [0.29, 0.717) is 11.5 Å². The number of fused-ring (bicyclic) bond motifs is 2. The van der Waals surface area contributed by atoms with Gasteiger partial charge in [-0.3, -0.25) is 9.59 Å². The number of carbonyl (C=O) groups excluding carboxylic acids is 1. The molecule has 28 heavy (non-hydrogen) atoms. The molecule has 0 spiro atoms. The van der Waals surface area contributed by atoms with Crippen LogP contribution in [0.1, 0.15) is 46.4 Å². The molecule has 2 aromatic rings. The minimum Gasteiger partial charge on any atom is -0.371 e. The summed E-state index contributed by atoms with van der Waals surface area (Å²) < 4.78 is 0. The number of piperidine rings is 1. The summed E-state index contributed by atoms with van der Waals surface area (Å²) in [7, 11) is 0.